The zero-order chi connectivity index (χ0) is 69.8. The number of hydrogen-bond acceptors (Lipinski definition) is 16. The Balaban J connectivity index is 0. The van der Waals surface area contributed by atoms with E-state index in [2.05, 4.69) is 221 Å². The molecule has 16 nitrogen and oxygen atoms in total. The summed E-state index contributed by atoms with van der Waals surface area (Å²) in [7, 11) is -40.1. The van der Waals surface area contributed by atoms with Crippen molar-refractivity contribution < 1.29 is 68.4 Å². The van der Waals surface area contributed by atoms with Gasteiger partial charge in [0.05, 0.1) is 24.5 Å². The van der Waals surface area contributed by atoms with Crippen molar-refractivity contribution in [2.24, 2.45) is 10.8 Å². The van der Waals surface area contributed by atoms with E-state index in [1.165, 1.54) is 7.11 Å². The fraction of sp³-hybridized carbons (Fsp3) is 0.964. The highest BCUT2D eigenvalue weighted by atomic mass is 28.5. The van der Waals surface area contributed by atoms with E-state index in [4.69, 9.17) is 54.1 Å². The van der Waals surface area contributed by atoms with Gasteiger partial charge in [0.25, 0.3) is 0 Å². The first-order chi connectivity index (χ1) is 37.8. The Morgan fingerprint density at radius 1 is 0.276 bits per heavy atom. The van der Waals surface area contributed by atoms with Crippen LogP contribution >= 0.6 is 0 Å². The Bertz CT molecular complexity index is 1770. The summed E-state index contributed by atoms with van der Waals surface area (Å²) in [6.07, 6.45) is 2.02. The fourth-order valence-corrected chi connectivity index (χ4v) is 76.8. The molecule has 87 heavy (non-hydrogen) atoms. The van der Waals surface area contributed by atoms with Crippen LogP contribution in [0.2, 0.25) is 258 Å². The maximum Gasteiger partial charge on any atom is 0.469 e. The highest BCUT2D eigenvalue weighted by Crippen LogP contribution is 2.41. The van der Waals surface area contributed by atoms with E-state index in [1.54, 1.807) is 0 Å². The number of methoxy groups -OCH3 is 1. The third-order valence-corrected chi connectivity index (χ3v) is 65.5. The summed E-state index contributed by atoms with van der Waals surface area (Å²) in [4.78, 5) is 24.4. The van der Waals surface area contributed by atoms with Gasteiger partial charge in [-0.2, -0.15) is 0 Å². The highest BCUT2D eigenvalue weighted by Gasteiger charge is 2.59. The number of ether oxygens (including phenoxy) is 2. The predicted octanol–water partition coefficient (Wildman–Crippen LogP) is 19.0. The van der Waals surface area contributed by atoms with Gasteiger partial charge in [0.2, 0.25) is 0 Å². The molecule has 0 saturated heterocycles. The van der Waals surface area contributed by atoms with Gasteiger partial charge in [-0.1, -0.05) is 13.8 Å². The molecule has 522 valence electrons. The van der Waals surface area contributed by atoms with Gasteiger partial charge in [0.15, 0.2) is 99.8 Å². The molecule has 32 heteroatoms. The molecule has 0 aliphatic rings. The molecule has 0 bridgehead atoms. The summed E-state index contributed by atoms with van der Waals surface area (Å²) in [6.45, 7) is 86.4. The van der Waals surface area contributed by atoms with Crippen molar-refractivity contribution in [1.29, 1.82) is 0 Å². The minimum atomic E-state index is -3.79. The van der Waals surface area contributed by atoms with Crippen LogP contribution in [-0.2, 0) is 68.4 Å². The second kappa shape index (κ2) is 33.5. The van der Waals surface area contributed by atoms with Crippen LogP contribution in [0.1, 0.15) is 60.8 Å². The van der Waals surface area contributed by atoms with Gasteiger partial charge in [-0.3, -0.25) is 9.59 Å². The largest absolute Gasteiger partial charge is 0.469 e. The Morgan fingerprint density at radius 2 is 0.460 bits per heavy atom. The van der Waals surface area contributed by atoms with Crippen molar-refractivity contribution in [2.75, 3.05) is 13.7 Å². The third kappa shape index (κ3) is 43.0. The quantitative estimate of drug-likeness (QED) is 0.0322. The summed E-state index contributed by atoms with van der Waals surface area (Å²) in [6, 6.07) is 4.61. The van der Waals surface area contributed by atoms with Gasteiger partial charge in [-0.05, 0) is 281 Å². The van der Waals surface area contributed by atoms with Crippen LogP contribution in [0.25, 0.3) is 0 Å². The van der Waals surface area contributed by atoms with Crippen LogP contribution in [0.3, 0.4) is 0 Å². The van der Waals surface area contributed by atoms with Crippen LogP contribution < -0.4 is 0 Å². The fourth-order valence-electron chi connectivity index (χ4n) is 9.05. The molecule has 0 N–H and O–H groups in total. The van der Waals surface area contributed by atoms with E-state index >= 15 is 0 Å². The van der Waals surface area contributed by atoms with Gasteiger partial charge < -0.3 is 58.9 Å². The lowest BCUT2D eigenvalue weighted by Crippen LogP contribution is -2.64. The number of carbonyl (C=O) groups excluding carboxylic acids is 2. The van der Waals surface area contributed by atoms with E-state index in [-0.39, 0.29) is 24.0 Å². The standard InChI is InChI=1S/C48H128O14Si16.C7H14O2/c1-37-48(2,3)47(49)50-39-38-40-75(60-72(31,32)41-44-76(51-63(4,5)6,52-64(7,8)9)53-65(10,11)12,61-73(33,34)42-45-77(54-66(13,14)15,55-67(16,17)18)56-68(19,20)21)62-74(35,36)43-46-78(57-69(22,23)24,58-70(25,26)27)59-71(28,29)30;1-5-7(2,3)6(8)9-4/h37-46H2,1-36H3;5H2,1-4H3. The molecule has 0 atom stereocenters. The number of carbonyl (C=O) groups is 2. The summed E-state index contributed by atoms with van der Waals surface area (Å²) in [5, 5.41) is 0. The Morgan fingerprint density at radius 3 is 0.621 bits per heavy atom. The third-order valence-electron chi connectivity index (χ3n) is 12.5. The number of rotatable bonds is 41. The molecule has 0 aromatic rings. The minimum absolute atomic E-state index is 0.134. The van der Waals surface area contributed by atoms with E-state index in [0.717, 1.165) is 24.6 Å². The first kappa shape index (κ1) is 91.0. The normalized spacial score (nSPS) is 15.1. The van der Waals surface area contributed by atoms with Gasteiger partial charge >= 0.3 is 47.2 Å². The van der Waals surface area contributed by atoms with Gasteiger partial charge in [-0.15, -0.1) is 0 Å². The number of hydrogen-bond donors (Lipinski definition) is 0. The molecule has 0 aliphatic heterocycles. The molecule has 0 aromatic carbocycles. The minimum Gasteiger partial charge on any atom is -0.469 e. The van der Waals surface area contributed by atoms with Crippen LogP contribution in [0, 0.1) is 10.8 Å². The average molecular weight is 1510 g/mol. The first-order valence-electron chi connectivity index (χ1n) is 32.5. The van der Waals surface area contributed by atoms with Crippen molar-refractivity contribution in [2.45, 2.75) is 319 Å². The van der Waals surface area contributed by atoms with Crippen LogP contribution in [0.15, 0.2) is 0 Å². The summed E-state index contributed by atoms with van der Waals surface area (Å²) < 4.78 is 100. The molecule has 0 saturated carbocycles. The van der Waals surface area contributed by atoms with Crippen molar-refractivity contribution in [1.82, 2.24) is 0 Å². The molecule has 0 amide bonds. The average Bonchev–Trinajstić information content (AvgIpc) is 3.19. The predicted molar refractivity (Wildman–Crippen MR) is 408 cm³/mol. The molecule has 0 aliphatic carbocycles. The van der Waals surface area contributed by atoms with Gasteiger partial charge in [-0.25, -0.2) is 0 Å². The van der Waals surface area contributed by atoms with Gasteiger partial charge in [0.1, 0.15) is 0 Å². The SMILES string of the molecule is CCC(C)(C)C(=O)OC.CCC(C)(C)C(=O)OCCC[Si](O[Si](C)(C)CC[Si](O[Si](C)(C)C)(O[Si](C)(C)C)O[Si](C)(C)C)(O[Si](C)(C)CC[Si](O[Si](C)(C)C)(O[Si](C)(C)C)O[Si](C)(C)C)O[Si](C)(C)CC[Si](O[Si](C)(C)C)(O[Si](C)(C)C)O[Si](C)(C)C. The van der Waals surface area contributed by atoms with E-state index in [9.17, 15) is 9.59 Å². The second-order valence-electron chi connectivity index (χ2n) is 36.0. The Hall–Kier alpha value is 1.93. The highest BCUT2D eigenvalue weighted by molar-refractivity contribution is 6.95. The van der Waals surface area contributed by atoms with Gasteiger partial charge in [0, 0.05) is 24.2 Å². The van der Waals surface area contributed by atoms with Crippen molar-refractivity contribution in [3.05, 3.63) is 0 Å². The maximum atomic E-state index is 13.6. The lowest BCUT2D eigenvalue weighted by Gasteiger charge is -2.48. The summed E-state index contributed by atoms with van der Waals surface area (Å²) in [5.74, 6) is -0.334. The van der Waals surface area contributed by atoms with E-state index < -0.39 is 140 Å². The maximum absolute atomic E-state index is 13.6. The molecule has 0 radical (unpaired) electrons. The Kier molecular flexibility index (Phi) is 35.0. The summed E-state index contributed by atoms with van der Waals surface area (Å²) >= 11 is 0. The van der Waals surface area contributed by atoms with E-state index in [0.29, 0.717) is 37.0 Å². The van der Waals surface area contributed by atoms with Crippen molar-refractivity contribution >= 4 is 147 Å². The van der Waals surface area contributed by atoms with Crippen LogP contribution in [0.5, 0.6) is 0 Å². The molecule has 0 rings (SSSR count). The molecule has 0 aromatic heterocycles. The topological polar surface area (TPSA) is 163 Å². The molecule has 0 heterocycles. The lowest BCUT2D eigenvalue weighted by molar-refractivity contribution is -0.154. The molecular formula is C55H142O16Si16. The number of esters is 2. The molecular weight excluding hydrogens is 1370 g/mol. The van der Waals surface area contributed by atoms with Crippen LogP contribution in [-0.4, -0.2) is 161 Å². The monoisotopic (exact) mass is 1510 g/mol. The summed E-state index contributed by atoms with van der Waals surface area (Å²) in [5.41, 5.74) is -0.912. The zero-order valence-corrected chi connectivity index (χ0v) is 80.3. The van der Waals surface area contributed by atoms with Crippen LogP contribution in [0.4, 0.5) is 0 Å². The first-order valence-corrected chi connectivity index (χ1v) is 80.3. The van der Waals surface area contributed by atoms with E-state index in [1.807, 2.05) is 41.5 Å². The second-order valence-corrected chi connectivity index (χ2v) is 103. The van der Waals surface area contributed by atoms with Crippen molar-refractivity contribution in [3.8, 4) is 0 Å². The smallest absolute Gasteiger partial charge is 0.469 e. The molecule has 0 spiro atoms. The molecule has 0 unspecified atom stereocenters. The zero-order valence-electron chi connectivity index (χ0n) is 64.3. The Labute approximate surface area is 554 Å². The molecule has 0 fully saturated rings. The lowest BCUT2D eigenvalue weighted by atomic mass is 9.91. The van der Waals surface area contributed by atoms with Crippen molar-refractivity contribution in [3.63, 3.8) is 0 Å².